The van der Waals surface area contributed by atoms with Crippen molar-refractivity contribution in [1.82, 2.24) is 0 Å². The number of hydrogen-bond donors (Lipinski definition) is 0. The Morgan fingerprint density at radius 3 is 2.20 bits per heavy atom. The van der Waals surface area contributed by atoms with E-state index in [1.165, 1.54) is 0 Å². The number of benzene rings is 1. The van der Waals surface area contributed by atoms with Crippen LogP contribution in [0.3, 0.4) is 0 Å². The number of aromatic carboxylic acids is 1. The molecule has 0 spiro atoms. The fourth-order valence-corrected chi connectivity index (χ4v) is 1.63. The van der Waals surface area contributed by atoms with E-state index in [1.807, 2.05) is 26.8 Å². The Bertz CT molecular complexity index is 369. The van der Waals surface area contributed by atoms with E-state index in [1.54, 1.807) is 12.1 Å². The summed E-state index contributed by atoms with van der Waals surface area (Å²) < 4.78 is 0.768. The van der Waals surface area contributed by atoms with Crippen molar-refractivity contribution in [1.29, 1.82) is 0 Å². The molecule has 15 heavy (non-hydrogen) atoms. The molecule has 0 radical (unpaired) electrons. The van der Waals surface area contributed by atoms with Crippen LogP contribution in [0.5, 0.6) is 0 Å². The van der Waals surface area contributed by atoms with Crippen molar-refractivity contribution in [3.63, 3.8) is 0 Å². The first-order valence-corrected chi connectivity index (χ1v) is 5.12. The quantitative estimate of drug-likeness (QED) is 0.617. The standard InChI is InChI=1S/C11H13BrO2.Li/c1-11(2,3)8-4-7(10(13)14)5-9(12)6-8;/h4-6H,1-3H3,(H,13,14);/q;+1/p-1. The molecule has 0 atom stereocenters. The number of carboxylic acids is 1. The van der Waals surface area contributed by atoms with Crippen LogP contribution >= 0.6 is 15.9 Å². The zero-order valence-corrected chi connectivity index (χ0v) is 11.0. The average Bonchev–Trinajstić information content (AvgIpc) is 2.01. The van der Waals surface area contributed by atoms with E-state index < -0.39 is 5.97 Å². The van der Waals surface area contributed by atoms with Gasteiger partial charge in [-0.2, -0.15) is 0 Å². The molecule has 4 heteroatoms. The van der Waals surface area contributed by atoms with E-state index in [0.717, 1.165) is 10.0 Å². The number of rotatable bonds is 1. The van der Waals surface area contributed by atoms with Crippen molar-refractivity contribution in [2.75, 3.05) is 0 Å². The van der Waals surface area contributed by atoms with Crippen LogP contribution in [0.25, 0.3) is 0 Å². The van der Waals surface area contributed by atoms with Crippen molar-refractivity contribution in [3.8, 4) is 0 Å². The molecule has 0 fully saturated rings. The third kappa shape index (κ3) is 4.02. The average molecular weight is 263 g/mol. The number of hydrogen-bond acceptors (Lipinski definition) is 2. The second-order valence-electron chi connectivity index (χ2n) is 4.27. The Hall–Kier alpha value is -0.233. The van der Waals surface area contributed by atoms with Gasteiger partial charge in [-0.15, -0.1) is 0 Å². The van der Waals surface area contributed by atoms with E-state index in [4.69, 9.17) is 0 Å². The largest absolute Gasteiger partial charge is 1.00 e. The van der Waals surface area contributed by atoms with E-state index in [-0.39, 0.29) is 29.8 Å². The van der Waals surface area contributed by atoms with Gasteiger partial charge in [0.15, 0.2) is 0 Å². The van der Waals surface area contributed by atoms with E-state index in [9.17, 15) is 9.90 Å². The summed E-state index contributed by atoms with van der Waals surface area (Å²) in [6.07, 6.45) is 0. The van der Waals surface area contributed by atoms with Gasteiger partial charge in [0.1, 0.15) is 0 Å². The molecule has 0 heterocycles. The number of halogens is 1. The van der Waals surface area contributed by atoms with Gasteiger partial charge in [0.2, 0.25) is 0 Å². The van der Waals surface area contributed by atoms with E-state index in [0.29, 0.717) is 0 Å². The first-order valence-electron chi connectivity index (χ1n) is 4.33. The predicted octanol–water partition coefficient (Wildman–Crippen LogP) is -0.886. The molecule has 1 aromatic rings. The van der Waals surface area contributed by atoms with Gasteiger partial charge in [0, 0.05) is 4.47 Å². The molecule has 0 aliphatic carbocycles. The zero-order chi connectivity index (χ0) is 10.9. The number of carboxylic acid groups (broad SMARTS) is 1. The topological polar surface area (TPSA) is 40.1 Å². The van der Waals surface area contributed by atoms with Crippen LogP contribution in [0.2, 0.25) is 0 Å². The van der Waals surface area contributed by atoms with Gasteiger partial charge in [-0.25, -0.2) is 0 Å². The van der Waals surface area contributed by atoms with Crippen molar-refractivity contribution < 1.29 is 28.8 Å². The Morgan fingerprint density at radius 1 is 1.27 bits per heavy atom. The molecule has 0 amide bonds. The summed E-state index contributed by atoms with van der Waals surface area (Å²) in [5.41, 5.74) is 1.13. The van der Waals surface area contributed by atoms with Crippen molar-refractivity contribution in [3.05, 3.63) is 33.8 Å². The monoisotopic (exact) mass is 262 g/mol. The summed E-state index contributed by atoms with van der Waals surface area (Å²) in [7, 11) is 0. The molecule has 0 aromatic heterocycles. The van der Waals surface area contributed by atoms with Crippen LogP contribution < -0.4 is 24.0 Å². The van der Waals surface area contributed by atoms with Crippen LogP contribution in [0.4, 0.5) is 0 Å². The Morgan fingerprint density at radius 2 is 1.80 bits per heavy atom. The molecule has 1 rings (SSSR count). The molecular formula is C11H12BrLiO2. The van der Waals surface area contributed by atoms with E-state index in [2.05, 4.69) is 15.9 Å². The Labute approximate surface area is 110 Å². The maximum atomic E-state index is 10.7. The molecular weight excluding hydrogens is 251 g/mol. The fourth-order valence-electron chi connectivity index (χ4n) is 1.14. The van der Waals surface area contributed by atoms with Crippen LogP contribution in [0, 0.1) is 0 Å². The van der Waals surface area contributed by atoms with Gasteiger partial charge in [0.25, 0.3) is 0 Å². The van der Waals surface area contributed by atoms with Crippen molar-refractivity contribution >= 4 is 21.9 Å². The number of carbonyl (C=O) groups is 1. The van der Waals surface area contributed by atoms with Crippen LogP contribution in [0.15, 0.2) is 22.7 Å². The minimum absolute atomic E-state index is 0. The second kappa shape index (κ2) is 5.20. The zero-order valence-electron chi connectivity index (χ0n) is 9.43. The smallest absolute Gasteiger partial charge is 0.545 e. The first-order chi connectivity index (χ1) is 6.30. The fraction of sp³-hybridized carbons (Fsp3) is 0.364. The van der Waals surface area contributed by atoms with Crippen LogP contribution in [0.1, 0.15) is 36.7 Å². The second-order valence-corrected chi connectivity index (χ2v) is 5.18. The summed E-state index contributed by atoms with van der Waals surface area (Å²) in [5, 5.41) is 10.7. The number of carbonyl (C=O) groups excluding carboxylic acids is 1. The minimum atomic E-state index is -1.14. The van der Waals surface area contributed by atoms with Gasteiger partial charge in [-0.3, -0.25) is 0 Å². The van der Waals surface area contributed by atoms with Crippen LogP contribution in [-0.2, 0) is 5.41 Å². The summed E-state index contributed by atoms with van der Waals surface area (Å²) in [4.78, 5) is 10.7. The normalized spacial score (nSPS) is 10.7. The molecule has 76 valence electrons. The molecule has 0 aliphatic rings. The molecule has 1 aromatic carbocycles. The predicted molar refractivity (Wildman–Crippen MR) is 57.2 cm³/mol. The molecule has 0 N–H and O–H groups in total. The van der Waals surface area contributed by atoms with Crippen LogP contribution in [-0.4, -0.2) is 5.97 Å². The van der Waals surface area contributed by atoms with Gasteiger partial charge in [-0.1, -0.05) is 36.7 Å². The first kappa shape index (κ1) is 14.8. The molecule has 0 unspecified atom stereocenters. The minimum Gasteiger partial charge on any atom is -0.545 e. The Kier molecular flexibility index (Phi) is 5.12. The molecule has 0 bridgehead atoms. The third-order valence-corrected chi connectivity index (χ3v) is 2.46. The molecule has 2 nitrogen and oxygen atoms in total. The maximum absolute atomic E-state index is 10.7. The molecule has 0 saturated heterocycles. The van der Waals surface area contributed by atoms with Crippen molar-refractivity contribution in [2.24, 2.45) is 0 Å². The van der Waals surface area contributed by atoms with E-state index >= 15 is 0 Å². The maximum Gasteiger partial charge on any atom is 1.00 e. The van der Waals surface area contributed by atoms with Gasteiger partial charge < -0.3 is 9.90 Å². The van der Waals surface area contributed by atoms with Gasteiger partial charge >= 0.3 is 18.9 Å². The Balaban J connectivity index is 0.00000196. The van der Waals surface area contributed by atoms with Gasteiger partial charge in [0.05, 0.1) is 5.97 Å². The summed E-state index contributed by atoms with van der Waals surface area (Å²) in [5.74, 6) is -1.14. The SMILES string of the molecule is CC(C)(C)c1cc(Br)cc(C(=O)[O-])c1.[Li+]. The summed E-state index contributed by atoms with van der Waals surface area (Å²) in [6, 6.07) is 5.12. The molecule has 0 saturated carbocycles. The molecule has 0 aliphatic heterocycles. The third-order valence-electron chi connectivity index (χ3n) is 2.00. The summed E-state index contributed by atoms with van der Waals surface area (Å²) >= 11 is 3.28. The van der Waals surface area contributed by atoms with Crippen molar-refractivity contribution in [2.45, 2.75) is 26.2 Å². The summed E-state index contributed by atoms with van der Waals surface area (Å²) in [6.45, 7) is 6.11. The van der Waals surface area contributed by atoms with Gasteiger partial charge in [-0.05, 0) is 34.7 Å².